The van der Waals surface area contributed by atoms with E-state index in [0.717, 1.165) is 0 Å². The maximum atomic E-state index is 6.23. The van der Waals surface area contributed by atoms with E-state index in [2.05, 4.69) is 11.1 Å². The van der Waals surface area contributed by atoms with Crippen LogP contribution < -0.4 is 5.73 Å². The molecule has 1 aliphatic rings. The third-order valence-electron chi connectivity index (χ3n) is 3.23. The fourth-order valence-corrected chi connectivity index (χ4v) is 2.34. The van der Waals surface area contributed by atoms with E-state index in [1.807, 2.05) is 12.3 Å². The molecule has 1 atom stereocenters. The topological polar surface area (TPSA) is 38.9 Å². The molecule has 0 spiro atoms. The molecule has 1 aliphatic carbocycles. The fourth-order valence-electron chi connectivity index (χ4n) is 2.34. The number of pyridine rings is 1. The van der Waals surface area contributed by atoms with Gasteiger partial charge in [0.2, 0.25) is 0 Å². The highest BCUT2D eigenvalue weighted by atomic mass is 14.7. The molecule has 0 bridgehead atoms. The smallest absolute Gasteiger partial charge is 0.0338 e. The van der Waals surface area contributed by atoms with E-state index in [4.69, 9.17) is 5.73 Å². The highest BCUT2D eigenvalue weighted by Gasteiger charge is 2.21. The lowest BCUT2D eigenvalue weighted by molar-refractivity contribution is 0.308. The Balaban J connectivity index is 2.03. The van der Waals surface area contributed by atoms with Crippen molar-refractivity contribution in [1.29, 1.82) is 0 Å². The summed E-state index contributed by atoms with van der Waals surface area (Å²) in [6, 6.07) is 4.26. The van der Waals surface area contributed by atoms with Crippen LogP contribution in [-0.4, -0.2) is 4.98 Å². The van der Waals surface area contributed by atoms with Crippen LogP contribution in [0.25, 0.3) is 0 Å². The average molecular weight is 190 g/mol. The highest BCUT2D eigenvalue weighted by Crippen LogP contribution is 2.32. The summed E-state index contributed by atoms with van der Waals surface area (Å²) in [5.41, 5.74) is 7.42. The predicted octanol–water partition coefficient (Wildman–Crippen LogP) is 2.66. The first-order valence-electron chi connectivity index (χ1n) is 5.53. The maximum Gasteiger partial charge on any atom is 0.0338 e. The van der Waals surface area contributed by atoms with Crippen LogP contribution in [0.3, 0.4) is 0 Å². The molecule has 14 heavy (non-hydrogen) atoms. The zero-order valence-corrected chi connectivity index (χ0v) is 8.52. The third-order valence-corrected chi connectivity index (χ3v) is 3.23. The molecule has 1 aromatic heterocycles. The van der Waals surface area contributed by atoms with Gasteiger partial charge in [0, 0.05) is 18.4 Å². The lowest BCUT2D eigenvalue weighted by Crippen LogP contribution is -2.23. The fraction of sp³-hybridized carbons (Fsp3) is 0.583. The zero-order valence-electron chi connectivity index (χ0n) is 8.52. The lowest BCUT2D eigenvalue weighted by Gasteiger charge is -2.27. The van der Waals surface area contributed by atoms with E-state index >= 15 is 0 Å². The van der Waals surface area contributed by atoms with Gasteiger partial charge in [-0.1, -0.05) is 25.3 Å². The molecule has 1 fully saturated rings. The highest BCUT2D eigenvalue weighted by molar-refractivity contribution is 5.14. The van der Waals surface area contributed by atoms with Gasteiger partial charge in [-0.25, -0.2) is 0 Å². The molecular formula is C12H18N2. The van der Waals surface area contributed by atoms with Crippen LogP contribution in [0.4, 0.5) is 0 Å². The molecule has 1 aromatic rings. The first kappa shape index (κ1) is 9.66. The average Bonchev–Trinajstić information content (AvgIpc) is 2.30. The molecular weight excluding hydrogens is 172 g/mol. The van der Waals surface area contributed by atoms with Crippen molar-refractivity contribution in [2.24, 2.45) is 11.7 Å². The maximum absolute atomic E-state index is 6.23. The van der Waals surface area contributed by atoms with Crippen molar-refractivity contribution in [3.05, 3.63) is 30.1 Å². The molecule has 2 heteroatoms. The number of rotatable bonds is 2. The second-order valence-corrected chi connectivity index (χ2v) is 4.21. The SMILES string of the molecule is N[C@@H](c1cccnc1)C1CCCCC1. The number of hydrogen-bond acceptors (Lipinski definition) is 2. The van der Waals surface area contributed by atoms with E-state index in [9.17, 15) is 0 Å². The standard InChI is InChI=1S/C12H18N2/c13-12(10-5-2-1-3-6-10)11-7-4-8-14-9-11/h4,7-10,12H,1-3,5-6,13H2/t12-/m1/s1. The second kappa shape index (κ2) is 4.56. The lowest BCUT2D eigenvalue weighted by atomic mass is 9.82. The molecule has 2 nitrogen and oxygen atoms in total. The molecule has 2 rings (SSSR count). The van der Waals surface area contributed by atoms with Gasteiger partial charge in [-0.3, -0.25) is 4.98 Å². The molecule has 76 valence electrons. The van der Waals surface area contributed by atoms with Gasteiger partial charge in [0.1, 0.15) is 0 Å². The minimum Gasteiger partial charge on any atom is -0.324 e. The first-order chi connectivity index (χ1) is 6.88. The molecule has 0 aliphatic heterocycles. The van der Waals surface area contributed by atoms with Gasteiger partial charge in [-0.05, 0) is 30.4 Å². The third kappa shape index (κ3) is 2.13. The number of nitrogens with two attached hydrogens (primary N) is 1. The van der Waals surface area contributed by atoms with Crippen LogP contribution in [0, 0.1) is 5.92 Å². The summed E-state index contributed by atoms with van der Waals surface area (Å²) in [7, 11) is 0. The Hall–Kier alpha value is -0.890. The summed E-state index contributed by atoms with van der Waals surface area (Å²) >= 11 is 0. The Morgan fingerprint density at radius 2 is 2.07 bits per heavy atom. The summed E-state index contributed by atoms with van der Waals surface area (Å²) in [4.78, 5) is 4.12. The van der Waals surface area contributed by atoms with Gasteiger partial charge in [-0.15, -0.1) is 0 Å². The molecule has 0 amide bonds. The summed E-state index contributed by atoms with van der Waals surface area (Å²) < 4.78 is 0. The van der Waals surface area contributed by atoms with Crippen molar-refractivity contribution in [2.75, 3.05) is 0 Å². The van der Waals surface area contributed by atoms with E-state index in [1.165, 1.54) is 37.7 Å². The van der Waals surface area contributed by atoms with Gasteiger partial charge < -0.3 is 5.73 Å². The quantitative estimate of drug-likeness (QED) is 0.778. The van der Waals surface area contributed by atoms with Crippen molar-refractivity contribution >= 4 is 0 Å². The number of hydrogen-bond donors (Lipinski definition) is 1. The van der Waals surface area contributed by atoms with Gasteiger partial charge in [0.05, 0.1) is 0 Å². The molecule has 0 radical (unpaired) electrons. The Labute approximate surface area is 85.5 Å². The molecule has 2 N–H and O–H groups in total. The molecule has 0 aromatic carbocycles. The van der Waals surface area contributed by atoms with Gasteiger partial charge >= 0.3 is 0 Å². The summed E-state index contributed by atoms with van der Waals surface area (Å²) in [5.74, 6) is 0.674. The van der Waals surface area contributed by atoms with Crippen LogP contribution in [0.15, 0.2) is 24.5 Å². The summed E-state index contributed by atoms with van der Waals surface area (Å²) in [6.07, 6.45) is 10.4. The largest absolute Gasteiger partial charge is 0.324 e. The van der Waals surface area contributed by atoms with Crippen molar-refractivity contribution in [2.45, 2.75) is 38.1 Å². The monoisotopic (exact) mass is 190 g/mol. The summed E-state index contributed by atoms with van der Waals surface area (Å²) in [5, 5.41) is 0. The van der Waals surface area contributed by atoms with Crippen LogP contribution in [-0.2, 0) is 0 Å². The van der Waals surface area contributed by atoms with E-state index in [0.29, 0.717) is 5.92 Å². The molecule has 0 saturated heterocycles. The Kier molecular flexibility index (Phi) is 3.14. The van der Waals surface area contributed by atoms with Crippen molar-refractivity contribution < 1.29 is 0 Å². The minimum atomic E-state index is 0.198. The van der Waals surface area contributed by atoms with Crippen LogP contribution in [0.1, 0.15) is 43.7 Å². The Morgan fingerprint density at radius 1 is 1.29 bits per heavy atom. The van der Waals surface area contributed by atoms with Crippen LogP contribution in [0.2, 0.25) is 0 Å². The molecule has 1 heterocycles. The first-order valence-corrected chi connectivity index (χ1v) is 5.53. The van der Waals surface area contributed by atoms with E-state index in [-0.39, 0.29) is 6.04 Å². The second-order valence-electron chi connectivity index (χ2n) is 4.21. The molecule has 1 saturated carbocycles. The number of aromatic nitrogens is 1. The molecule has 0 unspecified atom stereocenters. The van der Waals surface area contributed by atoms with Crippen molar-refractivity contribution in [3.8, 4) is 0 Å². The van der Waals surface area contributed by atoms with Gasteiger partial charge in [0.25, 0.3) is 0 Å². The van der Waals surface area contributed by atoms with Gasteiger partial charge in [0.15, 0.2) is 0 Å². The Morgan fingerprint density at radius 3 is 2.71 bits per heavy atom. The minimum absolute atomic E-state index is 0.198. The van der Waals surface area contributed by atoms with Gasteiger partial charge in [-0.2, -0.15) is 0 Å². The zero-order chi connectivity index (χ0) is 9.80. The predicted molar refractivity (Wildman–Crippen MR) is 57.7 cm³/mol. The van der Waals surface area contributed by atoms with Crippen molar-refractivity contribution in [1.82, 2.24) is 4.98 Å². The van der Waals surface area contributed by atoms with E-state index < -0.39 is 0 Å². The van der Waals surface area contributed by atoms with Crippen molar-refractivity contribution in [3.63, 3.8) is 0 Å². The summed E-state index contributed by atoms with van der Waals surface area (Å²) in [6.45, 7) is 0. The van der Waals surface area contributed by atoms with E-state index in [1.54, 1.807) is 6.20 Å². The Bertz CT molecular complexity index is 265. The van der Waals surface area contributed by atoms with Crippen LogP contribution in [0.5, 0.6) is 0 Å². The number of nitrogens with zero attached hydrogens (tertiary/aromatic N) is 1. The normalized spacial score (nSPS) is 20.6. The van der Waals surface area contributed by atoms with Crippen LogP contribution >= 0.6 is 0 Å².